The molecule has 1 aliphatic heterocycles. The van der Waals surface area contributed by atoms with Gasteiger partial charge in [0, 0.05) is 32.9 Å². The molecule has 0 fully saturated rings. The number of halogens is 3. The number of rotatable bonds is 5. The molecule has 11 heteroatoms. The first-order chi connectivity index (χ1) is 14.1. The first-order valence-corrected chi connectivity index (χ1v) is 9.02. The predicted octanol–water partition coefficient (Wildman–Crippen LogP) is 2.22. The van der Waals surface area contributed by atoms with Crippen LogP contribution in [0.1, 0.15) is 23.7 Å². The maximum Gasteiger partial charge on any atom is 0.490 e. The number of ether oxygens (including phenoxy) is 1. The van der Waals surface area contributed by atoms with E-state index >= 15 is 0 Å². The van der Waals surface area contributed by atoms with Gasteiger partial charge in [-0.05, 0) is 23.8 Å². The summed E-state index contributed by atoms with van der Waals surface area (Å²) in [6, 6.07) is 10.2. The van der Waals surface area contributed by atoms with Crippen molar-refractivity contribution in [3.05, 3.63) is 47.8 Å². The smallest absolute Gasteiger partial charge is 0.490 e. The fourth-order valence-electron chi connectivity index (χ4n) is 3.04. The number of carboxylic acid groups (broad SMARTS) is 1. The Morgan fingerprint density at radius 3 is 2.43 bits per heavy atom. The highest BCUT2D eigenvalue weighted by molar-refractivity contribution is 5.76. The summed E-state index contributed by atoms with van der Waals surface area (Å²) in [5.41, 5.74) is 2.39. The Hall–Kier alpha value is -3.08. The minimum Gasteiger partial charge on any atom is -0.497 e. The van der Waals surface area contributed by atoms with Gasteiger partial charge in [-0.25, -0.2) is 4.79 Å². The number of benzene rings is 1. The third-order valence-electron chi connectivity index (χ3n) is 4.46. The van der Waals surface area contributed by atoms with E-state index in [9.17, 15) is 18.0 Å². The average Bonchev–Trinajstić information content (AvgIpc) is 3.17. The van der Waals surface area contributed by atoms with E-state index in [-0.39, 0.29) is 11.9 Å². The number of fused-ring (bicyclic) bond motifs is 1. The number of hydrogen-bond acceptors (Lipinski definition) is 5. The van der Waals surface area contributed by atoms with Crippen molar-refractivity contribution in [2.24, 2.45) is 0 Å². The van der Waals surface area contributed by atoms with Crippen LogP contribution in [-0.2, 0) is 22.7 Å². The van der Waals surface area contributed by atoms with Crippen LogP contribution in [0.5, 0.6) is 5.75 Å². The van der Waals surface area contributed by atoms with Crippen molar-refractivity contribution in [2.75, 3.05) is 20.7 Å². The monoisotopic (exact) mass is 428 g/mol. The van der Waals surface area contributed by atoms with Crippen LogP contribution >= 0.6 is 0 Å². The van der Waals surface area contributed by atoms with E-state index in [1.807, 2.05) is 29.1 Å². The van der Waals surface area contributed by atoms with Gasteiger partial charge < -0.3 is 15.2 Å². The van der Waals surface area contributed by atoms with Crippen LogP contribution < -0.4 is 10.1 Å². The molecule has 3 rings (SSSR count). The number of carbonyl (C=O) groups is 2. The fraction of sp³-hybridized carbons (Fsp3) is 0.421. The summed E-state index contributed by atoms with van der Waals surface area (Å²) in [4.78, 5) is 23.0. The number of nitrogens with zero attached hydrogens (tertiary/aromatic N) is 3. The van der Waals surface area contributed by atoms with Gasteiger partial charge in [0.1, 0.15) is 5.75 Å². The van der Waals surface area contributed by atoms with Gasteiger partial charge in [-0.1, -0.05) is 12.1 Å². The highest BCUT2D eigenvalue weighted by Gasteiger charge is 2.38. The second kappa shape index (κ2) is 10.1. The lowest BCUT2D eigenvalue weighted by molar-refractivity contribution is -0.192. The number of carboxylic acids is 1. The number of carbonyl (C=O) groups excluding carboxylic acids is 1. The lowest BCUT2D eigenvalue weighted by atomic mass is 10.1. The van der Waals surface area contributed by atoms with Crippen molar-refractivity contribution in [3.63, 3.8) is 0 Å². The summed E-state index contributed by atoms with van der Waals surface area (Å²) in [5, 5.41) is 14.2. The molecule has 0 bridgehead atoms. The maximum atomic E-state index is 11.8. The molecule has 8 nitrogen and oxygen atoms in total. The quantitative estimate of drug-likeness (QED) is 0.758. The predicted molar refractivity (Wildman–Crippen MR) is 101 cm³/mol. The molecule has 164 valence electrons. The van der Waals surface area contributed by atoms with Crippen molar-refractivity contribution in [1.29, 1.82) is 0 Å². The molecule has 1 aromatic carbocycles. The molecule has 1 aromatic heterocycles. The number of aromatic nitrogens is 2. The van der Waals surface area contributed by atoms with E-state index in [1.165, 1.54) is 5.56 Å². The summed E-state index contributed by atoms with van der Waals surface area (Å²) in [5.74, 6) is -1.85. The zero-order chi connectivity index (χ0) is 22.3. The van der Waals surface area contributed by atoms with Gasteiger partial charge in [0.2, 0.25) is 5.91 Å². The highest BCUT2D eigenvalue weighted by atomic mass is 19.4. The summed E-state index contributed by atoms with van der Waals surface area (Å²) >= 11 is 0. The van der Waals surface area contributed by atoms with E-state index < -0.39 is 12.1 Å². The summed E-state index contributed by atoms with van der Waals surface area (Å²) < 4.78 is 38.9. The fourth-order valence-corrected chi connectivity index (χ4v) is 3.04. The van der Waals surface area contributed by atoms with E-state index in [0.29, 0.717) is 6.42 Å². The van der Waals surface area contributed by atoms with Gasteiger partial charge in [-0.15, -0.1) is 0 Å². The van der Waals surface area contributed by atoms with Crippen LogP contribution in [0.2, 0.25) is 0 Å². The molecular formula is C19H23F3N4O4. The standard InChI is InChI=1S/C17H22N4O2.C2HF3O2/c1-18-17(22)9-15-12-20(11-14-7-8-19-21(14)15)10-13-3-5-16(23-2)6-4-13;3-2(4,5)1(6)7/h3-8,15H,9-12H2,1-2H3,(H,18,22);(H,6,7). The van der Waals surface area contributed by atoms with Gasteiger partial charge in [0.05, 0.1) is 25.3 Å². The van der Waals surface area contributed by atoms with Crippen molar-refractivity contribution in [1.82, 2.24) is 20.0 Å². The van der Waals surface area contributed by atoms with E-state index in [4.69, 9.17) is 14.6 Å². The lowest BCUT2D eigenvalue weighted by Crippen LogP contribution is -2.39. The minimum absolute atomic E-state index is 0.0442. The molecule has 0 aliphatic carbocycles. The summed E-state index contributed by atoms with van der Waals surface area (Å²) in [6.07, 6.45) is -2.83. The molecule has 0 spiro atoms. The van der Waals surface area contributed by atoms with Gasteiger partial charge in [0.25, 0.3) is 0 Å². The number of hydrogen-bond donors (Lipinski definition) is 2. The highest BCUT2D eigenvalue weighted by Crippen LogP contribution is 2.24. The maximum absolute atomic E-state index is 11.8. The SMILES string of the molecule is CNC(=O)CC1CN(Cc2ccc(OC)cc2)Cc2ccnn21.O=C(O)C(F)(F)F. The topological polar surface area (TPSA) is 96.7 Å². The number of alkyl halides is 3. The first kappa shape index (κ1) is 23.2. The zero-order valence-electron chi connectivity index (χ0n) is 16.5. The van der Waals surface area contributed by atoms with Gasteiger partial charge in [-0.2, -0.15) is 18.3 Å². The van der Waals surface area contributed by atoms with Crippen LogP contribution in [0.4, 0.5) is 13.2 Å². The van der Waals surface area contributed by atoms with Crippen LogP contribution in [0, 0.1) is 0 Å². The molecule has 1 amide bonds. The molecule has 0 radical (unpaired) electrons. The molecule has 1 aliphatic rings. The molecule has 2 N–H and O–H groups in total. The second-order valence-corrected chi connectivity index (χ2v) is 6.62. The minimum atomic E-state index is -5.08. The zero-order valence-corrected chi connectivity index (χ0v) is 16.5. The molecule has 0 saturated carbocycles. The third-order valence-corrected chi connectivity index (χ3v) is 4.46. The Morgan fingerprint density at radius 2 is 1.90 bits per heavy atom. The number of amides is 1. The van der Waals surface area contributed by atoms with Crippen LogP contribution in [0.25, 0.3) is 0 Å². The Labute approximate surface area is 171 Å². The number of methoxy groups -OCH3 is 1. The van der Waals surface area contributed by atoms with Crippen molar-refractivity contribution in [3.8, 4) is 5.75 Å². The van der Waals surface area contributed by atoms with Crippen molar-refractivity contribution in [2.45, 2.75) is 31.7 Å². The molecule has 1 unspecified atom stereocenters. The van der Waals surface area contributed by atoms with Crippen LogP contribution in [0.3, 0.4) is 0 Å². The van der Waals surface area contributed by atoms with Crippen LogP contribution in [-0.4, -0.2) is 58.5 Å². The van der Waals surface area contributed by atoms with Crippen molar-refractivity contribution >= 4 is 11.9 Å². The normalized spacial score (nSPS) is 16.1. The first-order valence-electron chi connectivity index (χ1n) is 9.02. The summed E-state index contributed by atoms with van der Waals surface area (Å²) in [7, 11) is 3.34. The van der Waals surface area contributed by atoms with E-state index in [1.54, 1.807) is 14.2 Å². The lowest BCUT2D eigenvalue weighted by Gasteiger charge is -2.33. The molecule has 30 heavy (non-hydrogen) atoms. The van der Waals surface area contributed by atoms with Crippen LogP contribution in [0.15, 0.2) is 36.5 Å². The van der Waals surface area contributed by atoms with Gasteiger partial charge in [0.15, 0.2) is 0 Å². The Morgan fingerprint density at radius 1 is 1.27 bits per heavy atom. The third kappa shape index (κ3) is 6.48. The number of nitrogens with one attached hydrogen (secondary N) is 1. The Balaban J connectivity index is 0.000000396. The average molecular weight is 428 g/mol. The summed E-state index contributed by atoms with van der Waals surface area (Å²) in [6.45, 7) is 2.50. The van der Waals surface area contributed by atoms with Crippen molar-refractivity contribution < 1.29 is 32.6 Å². The van der Waals surface area contributed by atoms with E-state index in [0.717, 1.165) is 31.1 Å². The molecule has 2 heterocycles. The van der Waals surface area contributed by atoms with E-state index in [2.05, 4.69) is 27.4 Å². The Kier molecular flexibility index (Phi) is 7.81. The largest absolute Gasteiger partial charge is 0.497 e. The molecule has 2 aromatic rings. The van der Waals surface area contributed by atoms with Gasteiger partial charge >= 0.3 is 12.1 Å². The molecular weight excluding hydrogens is 405 g/mol. The molecule has 0 saturated heterocycles. The van der Waals surface area contributed by atoms with Gasteiger partial charge in [-0.3, -0.25) is 14.4 Å². The Bertz CT molecular complexity index is 852. The molecule has 1 atom stereocenters. The second-order valence-electron chi connectivity index (χ2n) is 6.62. The number of aliphatic carboxylic acids is 1.